The highest BCUT2D eigenvalue weighted by Gasteiger charge is 2.32. The van der Waals surface area contributed by atoms with Crippen LogP contribution in [0.4, 0.5) is 0 Å². The third kappa shape index (κ3) is 4.76. The standard InChI is InChI=1S/C15H27N3O/c1-12-9-18(10-13(2)19-12)8-4-7-15(3,11-16)17-14-5-6-14/h12-14,17H,4-10H2,1-3H3. The topological polar surface area (TPSA) is 48.3 Å². The van der Waals surface area contributed by atoms with Crippen LogP contribution in [0, 0.1) is 11.3 Å². The zero-order chi connectivity index (χ0) is 13.9. The minimum atomic E-state index is -0.343. The van der Waals surface area contributed by atoms with Crippen LogP contribution >= 0.6 is 0 Å². The summed E-state index contributed by atoms with van der Waals surface area (Å²) in [6.07, 6.45) is 5.13. The average molecular weight is 265 g/mol. The fraction of sp³-hybridized carbons (Fsp3) is 0.933. The van der Waals surface area contributed by atoms with Crippen LogP contribution in [0.1, 0.15) is 46.5 Å². The quantitative estimate of drug-likeness (QED) is 0.797. The lowest BCUT2D eigenvalue weighted by atomic mass is 9.97. The number of nitrogens with zero attached hydrogens (tertiary/aromatic N) is 2. The molecular formula is C15H27N3O. The summed E-state index contributed by atoms with van der Waals surface area (Å²) in [5.41, 5.74) is -0.343. The van der Waals surface area contributed by atoms with Gasteiger partial charge < -0.3 is 4.74 Å². The second kappa shape index (κ2) is 6.21. The van der Waals surface area contributed by atoms with Crippen molar-refractivity contribution in [3.8, 4) is 6.07 Å². The van der Waals surface area contributed by atoms with Crippen molar-refractivity contribution in [3.05, 3.63) is 0 Å². The van der Waals surface area contributed by atoms with Gasteiger partial charge in [-0.2, -0.15) is 5.26 Å². The van der Waals surface area contributed by atoms with Crippen LogP contribution in [0.5, 0.6) is 0 Å². The SMILES string of the molecule is CC1CN(CCCC(C)(C#N)NC2CC2)CC(C)O1. The van der Waals surface area contributed by atoms with E-state index in [2.05, 4.69) is 30.1 Å². The molecule has 4 nitrogen and oxygen atoms in total. The van der Waals surface area contributed by atoms with E-state index in [9.17, 15) is 5.26 Å². The maximum Gasteiger partial charge on any atom is 0.104 e. The fourth-order valence-electron chi connectivity index (χ4n) is 2.96. The number of hydrogen-bond acceptors (Lipinski definition) is 4. The summed E-state index contributed by atoms with van der Waals surface area (Å²) in [7, 11) is 0. The lowest BCUT2D eigenvalue weighted by molar-refractivity contribution is -0.0683. The monoisotopic (exact) mass is 265 g/mol. The molecule has 2 rings (SSSR count). The van der Waals surface area contributed by atoms with Crippen LogP contribution in [-0.2, 0) is 4.74 Å². The Balaban J connectivity index is 1.71. The molecule has 3 atom stereocenters. The van der Waals surface area contributed by atoms with Crippen molar-refractivity contribution in [1.82, 2.24) is 10.2 Å². The Hall–Kier alpha value is -0.630. The van der Waals surface area contributed by atoms with Crippen molar-refractivity contribution in [1.29, 1.82) is 5.26 Å². The summed E-state index contributed by atoms with van der Waals surface area (Å²) >= 11 is 0. The molecule has 0 spiro atoms. The van der Waals surface area contributed by atoms with Gasteiger partial charge in [-0.1, -0.05) is 0 Å². The first-order valence-electron chi connectivity index (χ1n) is 7.57. The van der Waals surface area contributed by atoms with Gasteiger partial charge in [-0.05, 0) is 53.0 Å². The van der Waals surface area contributed by atoms with E-state index >= 15 is 0 Å². The summed E-state index contributed by atoms with van der Waals surface area (Å²) in [5.74, 6) is 0. The van der Waals surface area contributed by atoms with Crippen LogP contribution in [0.3, 0.4) is 0 Å². The van der Waals surface area contributed by atoms with Gasteiger partial charge in [0.25, 0.3) is 0 Å². The number of ether oxygens (including phenoxy) is 1. The first kappa shape index (κ1) is 14.8. The van der Waals surface area contributed by atoms with E-state index in [4.69, 9.17) is 4.74 Å². The molecule has 0 bridgehead atoms. The van der Waals surface area contributed by atoms with E-state index in [-0.39, 0.29) is 5.54 Å². The lowest BCUT2D eigenvalue weighted by Gasteiger charge is -2.35. The summed E-state index contributed by atoms with van der Waals surface area (Å²) < 4.78 is 5.74. The van der Waals surface area contributed by atoms with Crippen LogP contribution in [-0.4, -0.2) is 48.3 Å². The van der Waals surface area contributed by atoms with Gasteiger partial charge in [-0.3, -0.25) is 10.2 Å². The first-order valence-corrected chi connectivity index (χ1v) is 7.57. The number of hydrogen-bond donors (Lipinski definition) is 1. The van der Waals surface area contributed by atoms with Gasteiger partial charge in [0.15, 0.2) is 0 Å². The van der Waals surface area contributed by atoms with Gasteiger partial charge in [0.05, 0.1) is 18.3 Å². The Morgan fingerprint density at radius 1 is 1.32 bits per heavy atom. The zero-order valence-corrected chi connectivity index (χ0v) is 12.5. The minimum Gasteiger partial charge on any atom is -0.373 e. The normalized spacial score (nSPS) is 31.7. The predicted molar refractivity (Wildman–Crippen MR) is 75.9 cm³/mol. The molecule has 3 unspecified atom stereocenters. The first-order chi connectivity index (χ1) is 9.00. The van der Waals surface area contributed by atoms with Gasteiger partial charge in [0, 0.05) is 19.1 Å². The third-order valence-corrected chi connectivity index (χ3v) is 3.99. The molecule has 1 saturated carbocycles. The summed E-state index contributed by atoms with van der Waals surface area (Å²) in [6.45, 7) is 9.41. The smallest absolute Gasteiger partial charge is 0.104 e. The number of morpholine rings is 1. The summed E-state index contributed by atoms with van der Waals surface area (Å²) in [4.78, 5) is 2.47. The molecule has 1 aliphatic carbocycles. The number of nitriles is 1. The van der Waals surface area contributed by atoms with E-state index in [1.807, 2.05) is 6.92 Å². The highest BCUT2D eigenvalue weighted by atomic mass is 16.5. The van der Waals surface area contributed by atoms with E-state index in [1.165, 1.54) is 12.8 Å². The van der Waals surface area contributed by atoms with Crippen molar-refractivity contribution in [3.63, 3.8) is 0 Å². The molecule has 0 radical (unpaired) electrons. The maximum atomic E-state index is 9.34. The van der Waals surface area contributed by atoms with Gasteiger partial charge in [-0.15, -0.1) is 0 Å². The molecule has 0 aromatic carbocycles. The molecule has 4 heteroatoms. The Kier molecular flexibility index (Phi) is 4.83. The molecular weight excluding hydrogens is 238 g/mol. The molecule has 19 heavy (non-hydrogen) atoms. The van der Waals surface area contributed by atoms with Gasteiger partial charge in [0.2, 0.25) is 0 Å². The molecule has 0 aromatic rings. The Morgan fingerprint density at radius 3 is 2.47 bits per heavy atom. The second-order valence-electron chi connectivity index (χ2n) is 6.48. The Bertz CT molecular complexity index is 327. The molecule has 1 heterocycles. The van der Waals surface area contributed by atoms with Crippen molar-refractivity contribution < 1.29 is 4.74 Å². The average Bonchev–Trinajstić information content (AvgIpc) is 3.11. The summed E-state index contributed by atoms with van der Waals surface area (Å²) in [6, 6.07) is 3.04. The maximum absolute atomic E-state index is 9.34. The number of rotatable bonds is 6. The van der Waals surface area contributed by atoms with Gasteiger partial charge in [-0.25, -0.2) is 0 Å². The molecule has 0 aromatic heterocycles. The van der Waals surface area contributed by atoms with Gasteiger partial charge in [0.1, 0.15) is 5.54 Å². The lowest BCUT2D eigenvalue weighted by Crippen LogP contribution is -2.47. The molecule has 2 aliphatic rings. The highest BCUT2D eigenvalue weighted by molar-refractivity contribution is 5.07. The van der Waals surface area contributed by atoms with E-state index < -0.39 is 0 Å². The predicted octanol–water partition coefficient (Wildman–Crippen LogP) is 1.91. The van der Waals surface area contributed by atoms with Crippen LogP contribution in [0.15, 0.2) is 0 Å². The largest absolute Gasteiger partial charge is 0.373 e. The van der Waals surface area contributed by atoms with Crippen molar-refractivity contribution >= 4 is 0 Å². The van der Waals surface area contributed by atoms with Crippen molar-refractivity contribution in [2.75, 3.05) is 19.6 Å². The zero-order valence-electron chi connectivity index (χ0n) is 12.5. The fourth-order valence-corrected chi connectivity index (χ4v) is 2.96. The van der Waals surface area contributed by atoms with Crippen molar-refractivity contribution in [2.45, 2.75) is 70.2 Å². The van der Waals surface area contributed by atoms with Crippen molar-refractivity contribution in [2.24, 2.45) is 0 Å². The third-order valence-electron chi connectivity index (χ3n) is 3.99. The number of nitrogens with one attached hydrogen (secondary N) is 1. The molecule has 1 saturated heterocycles. The van der Waals surface area contributed by atoms with E-state index in [0.717, 1.165) is 32.5 Å². The minimum absolute atomic E-state index is 0.329. The Morgan fingerprint density at radius 2 is 1.95 bits per heavy atom. The highest BCUT2D eigenvalue weighted by Crippen LogP contribution is 2.24. The van der Waals surface area contributed by atoms with E-state index in [0.29, 0.717) is 18.2 Å². The Labute approximate surface area is 117 Å². The molecule has 1 aliphatic heterocycles. The second-order valence-corrected chi connectivity index (χ2v) is 6.48. The van der Waals surface area contributed by atoms with Crippen LogP contribution < -0.4 is 5.32 Å². The van der Waals surface area contributed by atoms with Gasteiger partial charge >= 0.3 is 0 Å². The van der Waals surface area contributed by atoms with E-state index in [1.54, 1.807) is 0 Å². The molecule has 0 amide bonds. The van der Waals surface area contributed by atoms with Crippen LogP contribution in [0.2, 0.25) is 0 Å². The summed E-state index contributed by atoms with van der Waals surface area (Å²) in [5, 5.41) is 12.8. The molecule has 108 valence electrons. The van der Waals surface area contributed by atoms with Crippen LogP contribution in [0.25, 0.3) is 0 Å². The molecule has 2 fully saturated rings. The molecule has 1 N–H and O–H groups in total.